The lowest BCUT2D eigenvalue weighted by Gasteiger charge is -2.28. The monoisotopic (exact) mass is 263 g/mol. The third-order valence-electron chi connectivity index (χ3n) is 2.50. The highest BCUT2D eigenvalue weighted by Crippen LogP contribution is 2.21. The number of carbonyl (C=O) groups is 1. The zero-order valence-electron chi connectivity index (χ0n) is 10.9. The summed E-state index contributed by atoms with van der Waals surface area (Å²) in [4.78, 5) is 13.4. The minimum Gasteiger partial charge on any atom is -0.444 e. The maximum Gasteiger partial charge on any atom is 0.410 e. The molecule has 1 atom stereocenters. The second-order valence-electron chi connectivity index (χ2n) is 5.56. The van der Waals surface area contributed by atoms with Gasteiger partial charge in [-0.3, -0.25) is 0 Å². The largest absolute Gasteiger partial charge is 0.444 e. The highest BCUT2D eigenvalue weighted by atomic mass is 32.2. The number of nitrogens with zero attached hydrogens (tertiary/aromatic N) is 1. The standard InChI is InChI=1S/C11H21NO4S/c1-11(2,3)16-10(13)12-7-5-6-9(12)8-17(4,14)15/h9H,5-8H2,1-4H3/t9-/m0/s1. The van der Waals surface area contributed by atoms with Gasteiger partial charge in [0.25, 0.3) is 0 Å². The molecule has 0 unspecified atom stereocenters. The van der Waals surface area contributed by atoms with Crippen molar-refractivity contribution in [1.82, 2.24) is 4.90 Å². The number of carbonyl (C=O) groups excluding carboxylic acids is 1. The fourth-order valence-corrected chi connectivity index (χ4v) is 2.96. The first-order valence-corrected chi connectivity index (χ1v) is 7.82. The van der Waals surface area contributed by atoms with Crippen LogP contribution in [-0.4, -0.2) is 49.6 Å². The topological polar surface area (TPSA) is 63.7 Å². The molecule has 0 bridgehead atoms. The van der Waals surface area contributed by atoms with Gasteiger partial charge < -0.3 is 9.64 Å². The van der Waals surface area contributed by atoms with Gasteiger partial charge in [0.2, 0.25) is 0 Å². The Hall–Kier alpha value is -0.780. The van der Waals surface area contributed by atoms with Crippen molar-refractivity contribution in [2.45, 2.75) is 45.3 Å². The molecule has 0 aromatic heterocycles. The van der Waals surface area contributed by atoms with Crippen LogP contribution in [0.3, 0.4) is 0 Å². The van der Waals surface area contributed by atoms with Gasteiger partial charge in [-0.2, -0.15) is 0 Å². The van der Waals surface area contributed by atoms with Crippen molar-refractivity contribution >= 4 is 15.9 Å². The van der Waals surface area contributed by atoms with Crippen LogP contribution in [0, 0.1) is 0 Å². The van der Waals surface area contributed by atoms with Crippen molar-refractivity contribution in [3.63, 3.8) is 0 Å². The third-order valence-corrected chi connectivity index (χ3v) is 3.49. The van der Waals surface area contributed by atoms with E-state index in [1.807, 2.05) is 0 Å². The van der Waals surface area contributed by atoms with Crippen LogP contribution in [0.4, 0.5) is 4.79 Å². The normalized spacial score (nSPS) is 21.6. The van der Waals surface area contributed by atoms with Gasteiger partial charge in [0.1, 0.15) is 15.4 Å². The Bertz CT molecular complexity index is 383. The zero-order valence-corrected chi connectivity index (χ0v) is 11.7. The van der Waals surface area contributed by atoms with Gasteiger partial charge in [0.05, 0.1) is 5.75 Å². The lowest BCUT2D eigenvalue weighted by atomic mass is 10.2. The summed E-state index contributed by atoms with van der Waals surface area (Å²) in [5.74, 6) is 0.0201. The van der Waals surface area contributed by atoms with Crippen LogP contribution in [0.2, 0.25) is 0 Å². The molecule has 0 radical (unpaired) electrons. The van der Waals surface area contributed by atoms with Crippen molar-refractivity contribution in [2.75, 3.05) is 18.6 Å². The summed E-state index contributed by atoms with van der Waals surface area (Å²) in [7, 11) is -3.07. The summed E-state index contributed by atoms with van der Waals surface area (Å²) in [6, 6.07) is -0.236. The van der Waals surface area contributed by atoms with Gasteiger partial charge >= 0.3 is 6.09 Å². The van der Waals surface area contributed by atoms with Crippen LogP contribution in [0.15, 0.2) is 0 Å². The molecule has 1 saturated heterocycles. The van der Waals surface area contributed by atoms with E-state index in [1.165, 1.54) is 11.2 Å². The predicted octanol–water partition coefficient (Wildman–Crippen LogP) is 1.43. The molecule has 0 N–H and O–H groups in total. The van der Waals surface area contributed by atoms with E-state index in [0.29, 0.717) is 6.54 Å². The maximum absolute atomic E-state index is 11.9. The average Bonchev–Trinajstić information content (AvgIpc) is 2.45. The molecular formula is C11H21NO4S. The molecule has 0 spiro atoms. The Balaban J connectivity index is 2.66. The molecule has 0 aromatic rings. The second-order valence-corrected chi connectivity index (χ2v) is 7.75. The number of likely N-dealkylation sites (tertiary alicyclic amines) is 1. The van der Waals surface area contributed by atoms with E-state index in [-0.39, 0.29) is 11.8 Å². The van der Waals surface area contributed by atoms with E-state index in [0.717, 1.165) is 12.8 Å². The summed E-state index contributed by atoms with van der Waals surface area (Å²) in [5.41, 5.74) is -0.546. The molecule has 5 nitrogen and oxygen atoms in total. The van der Waals surface area contributed by atoms with Crippen molar-refractivity contribution in [2.24, 2.45) is 0 Å². The Labute approximate surface area is 103 Å². The molecule has 0 saturated carbocycles. The van der Waals surface area contributed by atoms with Crippen molar-refractivity contribution in [3.05, 3.63) is 0 Å². The fourth-order valence-electron chi connectivity index (χ4n) is 1.92. The molecule has 1 fully saturated rings. The SMILES string of the molecule is CC(C)(C)OC(=O)N1CCC[C@H]1CS(C)(=O)=O. The predicted molar refractivity (Wildman–Crippen MR) is 65.7 cm³/mol. The van der Waals surface area contributed by atoms with Crippen molar-refractivity contribution in [1.29, 1.82) is 0 Å². The average molecular weight is 263 g/mol. The molecule has 1 aliphatic heterocycles. The summed E-state index contributed by atoms with van der Waals surface area (Å²) in [6.07, 6.45) is 2.34. The van der Waals surface area contributed by atoms with Crippen molar-refractivity contribution < 1.29 is 17.9 Å². The van der Waals surface area contributed by atoms with Gasteiger partial charge in [-0.1, -0.05) is 0 Å². The summed E-state index contributed by atoms with van der Waals surface area (Å²) in [5, 5.41) is 0. The molecule has 6 heteroatoms. The maximum atomic E-state index is 11.9. The summed E-state index contributed by atoms with van der Waals surface area (Å²) in [6.45, 7) is 5.97. The number of ether oxygens (including phenoxy) is 1. The second kappa shape index (κ2) is 4.84. The van der Waals surface area contributed by atoms with Gasteiger partial charge in [-0.05, 0) is 33.6 Å². The van der Waals surface area contributed by atoms with Crippen LogP contribution in [-0.2, 0) is 14.6 Å². The molecule has 1 heterocycles. The van der Waals surface area contributed by atoms with E-state index in [9.17, 15) is 13.2 Å². The van der Waals surface area contributed by atoms with Crippen LogP contribution in [0.25, 0.3) is 0 Å². The minimum absolute atomic E-state index is 0.0201. The molecule has 1 aliphatic rings. The van der Waals surface area contributed by atoms with Crippen LogP contribution >= 0.6 is 0 Å². The first-order valence-electron chi connectivity index (χ1n) is 5.76. The Kier molecular flexibility index (Phi) is 4.06. The highest BCUT2D eigenvalue weighted by molar-refractivity contribution is 7.90. The first kappa shape index (κ1) is 14.3. The van der Waals surface area contributed by atoms with Gasteiger partial charge in [0, 0.05) is 18.8 Å². The number of sulfone groups is 1. The van der Waals surface area contributed by atoms with E-state index < -0.39 is 21.5 Å². The van der Waals surface area contributed by atoms with E-state index >= 15 is 0 Å². The lowest BCUT2D eigenvalue weighted by molar-refractivity contribution is 0.0241. The molecule has 17 heavy (non-hydrogen) atoms. The molecule has 1 rings (SSSR count). The molecule has 100 valence electrons. The molecule has 1 amide bonds. The van der Waals surface area contributed by atoms with Crippen LogP contribution in [0.5, 0.6) is 0 Å². The molecular weight excluding hydrogens is 242 g/mol. The van der Waals surface area contributed by atoms with E-state index in [4.69, 9.17) is 4.74 Å². The number of amides is 1. The minimum atomic E-state index is -3.07. The Morgan fingerprint density at radius 3 is 2.47 bits per heavy atom. The number of rotatable bonds is 2. The molecule has 0 aliphatic carbocycles. The van der Waals surface area contributed by atoms with Gasteiger partial charge in [0.15, 0.2) is 0 Å². The van der Waals surface area contributed by atoms with Crippen LogP contribution < -0.4 is 0 Å². The first-order chi connectivity index (χ1) is 7.58. The number of hydrogen-bond acceptors (Lipinski definition) is 4. The van der Waals surface area contributed by atoms with E-state index in [1.54, 1.807) is 20.8 Å². The summed E-state index contributed by atoms with van der Waals surface area (Å²) < 4.78 is 27.8. The van der Waals surface area contributed by atoms with E-state index in [2.05, 4.69) is 0 Å². The van der Waals surface area contributed by atoms with Crippen LogP contribution in [0.1, 0.15) is 33.6 Å². The summed E-state index contributed by atoms with van der Waals surface area (Å²) >= 11 is 0. The van der Waals surface area contributed by atoms with Gasteiger partial charge in [-0.15, -0.1) is 0 Å². The molecule has 0 aromatic carbocycles. The highest BCUT2D eigenvalue weighted by Gasteiger charge is 2.33. The van der Waals surface area contributed by atoms with Gasteiger partial charge in [-0.25, -0.2) is 13.2 Å². The Morgan fingerprint density at radius 1 is 1.41 bits per heavy atom. The van der Waals surface area contributed by atoms with Crippen molar-refractivity contribution in [3.8, 4) is 0 Å². The Morgan fingerprint density at radius 2 is 2.00 bits per heavy atom. The smallest absolute Gasteiger partial charge is 0.410 e. The zero-order chi connectivity index (χ0) is 13.3. The fraction of sp³-hybridized carbons (Fsp3) is 0.909. The third kappa shape index (κ3) is 4.93. The number of hydrogen-bond donors (Lipinski definition) is 0. The lowest BCUT2D eigenvalue weighted by Crippen LogP contribution is -2.42. The quantitative estimate of drug-likeness (QED) is 0.756.